The third-order valence-corrected chi connectivity index (χ3v) is 7.02. The summed E-state index contributed by atoms with van der Waals surface area (Å²) in [6.07, 6.45) is 1.32. The Morgan fingerprint density at radius 2 is 1.74 bits per heavy atom. The second kappa shape index (κ2) is 12.5. The zero-order valence-corrected chi connectivity index (χ0v) is 22.7. The molecule has 0 saturated carbocycles. The predicted octanol–water partition coefficient (Wildman–Crippen LogP) is 4.10. The third kappa shape index (κ3) is 7.75. The number of benzene rings is 2. The molecule has 8 nitrogen and oxygen atoms in total. The number of rotatable bonds is 11. The van der Waals surface area contributed by atoms with Crippen molar-refractivity contribution in [2.75, 3.05) is 24.2 Å². The highest BCUT2D eigenvalue weighted by Crippen LogP contribution is 2.30. The van der Waals surface area contributed by atoms with Gasteiger partial charge in [-0.15, -0.1) is 0 Å². The van der Waals surface area contributed by atoms with Crippen molar-refractivity contribution in [3.05, 3.63) is 58.1 Å². The van der Waals surface area contributed by atoms with E-state index in [9.17, 15) is 18.0 Å². The number of methoxy groups -OCH3 is 1. The molecule has 11 heteroatoms. The standard InChI is InChI=1S/C24H31Cl2N3O5S/c1-6-21(24(31)27-16(2)3)28(14-17-9-7-8-10-19(17)25)23(30)15-29(35(5,32)33)18-11-12-22(34-4)20(26)13-18/h7-13,16,21H,6,14-15H2,1-5H3,(H,27,31)/t21-/m0/s1. The third-order valence-electron chi connectivity index (χ3n) is 5.22. The van der Waals surface area contributed by atoms with Crippen LogP contribution in [0.25, 0.3) is 0 Å². The van der Waals surface area contributed by atoms with Crippen molar-refractivity contribution in [3.63, 3.8) is 0 Å². The molecule has 2 aromatic rings. The van der Waals surface area contributed by atoms with Crippen LogP contribution in [0.1, 0.15) is 32.8 Å². The van der Waals surface area contributed by atoms with E-state index >= 15 is 0 Å². The first-order chi connectivity index (χ1) is 16.4. The number of amides is 2. The maximum absolute atomic E-state index is 13.6. The van der Waals surface area contributed by atoms with Crippen molar-refractivity contribution in [1.82, 2.24) is 10.2 Å². The van der Waals surface area contributed by atoms with Crippen LogP contribution in [-0.4, -0.2) is 57.1 Å². The largest absolute Gasteiger partial charge is 0.495 e. The van der Waals surface area contributed by atoms with E-state index in [-0.39, 0.29) is 29.2 Å². The fourth-order valence-electron chi connectivity index (χ4n) is 3.53. The Morgan fingerprint density at radius 3 is 2.26 bits per heavy atom. The summed E-state index contributed by atoms with van der Waals surface area (Å²) in [6.45, 7) is 4.93. The summed E-state index contributed by atoms with van der Waals surface area (Å²) in [5.41, 5.74) is 0.834. The summed E-state index contributed by atoms with van der Waals surface area (Å²) in [5.74, 6) is -0.527. The normalized spacial score (nSPS) is 12.2. The second-order valence-electron chi connectivity index (χ2n) is 8.29. The first-order valence-electron chi connectivity index (χ1n) is 11.0. The van der Waals surface area contributed by atoms with Gasteiger partial charge in [0.15, 0.2) is 0 Å². The van der Waals surface area contributed by atoms with Gasteiger partial charge in [0.05, 0.1) is 24.1 Å². The van der Waals surface area contributed by atoms with E-state index in [1.54, 1.807) is 31.2 Å². The van der Waals surface area contributed by atoms with Gasteiger partial charge in [-0.05, 0) is 50.1 Å². The van der Waals surface area contributed by atoms with Gasteiger partial charge in [-0.2, -0.15) is 0 Å². The Kier molecular flexibility index (Phi) is 10.2. The van der Waals surface area contributed by atoms with Crippen LogP contribution in [0.5, 0.6) is 5.75 Å². The average Bonchev–Trinajstić information content (AvgIpc) is 2.77. The number of carbonyl (C=O) groups is 2. The molecule has 0 aromatic heterocycles. The van der Waals surface area contributed by atoms with E-state index in [0.29, 0.717) is 22.8 Å². The molecule has 0 aliphatic heterocycles. The highest BCUT2D eigenvalue weighted by molar-refractivity contribution is 7.92. The number of sulfonamides is 1. The van der Waals surface area contributed by atoms with Gasteiger partial charge in [0.1, 0.15) is 18.3 Å². The Morgan fingerprint density at radius 1 is 1.09 bits per heavy atom. The molecule has 1 atom stereocenters. The molecule has 35 heavy (non-hydrogen) atoms. The molecule has 0 aliphatic rings. The molecule has 0 fully saturated rings. The molecule has 0 saturated heterocycles. The average molecular weight is 545 g/mol. The zero-order chi connectivity index (χ0) is 26.3. The molecule has 0 spiro atoms. The molecular weight excluding hydrogens is 513 g/mol. The van der Waals surface area contributed by atoms with E-state index < -0.39 is 28.5 Å². The summed E-state index contributed by atoms with van der Waals surface area (Å²) in [5, 5.41) is 3.47. The number of carbonyl (C=O) groups excluding carboxylic acids is 2. The molecule has 0 radical (unpaired) electrons. The van der Waals surface area contributed by atoms with Crippen molar-refractivity contribution < 1.29 is 22.7 Å². The molecule has 2 aromatic carbocycles. The SMILES string of the molecule is CC[C@@H](C(=O)NC(C)C)N(Cc1ccccc1Cl)C(=O)CN(c1ccc(OC)c(Cl)c1)S(C)(=O)=O. The molecule has 0 bridgehead atoms. The Bertz CT molecular complexity index is 1160. The van der Waals surface area contributed by atoms with Crippen molar-refractivity contribution in [3.8, 4) is 5.75 Å². The summed E-state index contributed by atoms with van der Waals surface area (Å²) in [7, 11) is -2.43. The number of hydrogen-bond acceptors (Lipinski definition) is 5. The predicted molar refractivity (Wildman–Crippen MR) is 140 cm³/mol. The van der Waals surface area contributed by atoms with Crippen molar-refractivity contribution in [2.24, 2.45) is 0 Å². The van der Waals surface area contributed by atoms with Crippen molar-refractivity contribution >= 4 is 50.7 Å². The first-order valence-corrected chi connectivity index (χ1v) is 13.6. The molecule has 0 heterocycles. The zero-order valence-electron chi connectivity index (χ0n) is 20.4. The van der Waals surface area contributed by atoms with Gasteiger partial charge >= 0.3 is 0 Å². The molecule has 2 amide bonds. The molecular formula is C24H31Cl2N3O5S. The van der Waals surface area contributed by atoms with Crippen LogP contribution in [0.3, 0.4) is 0 Å². The van der Waals surface area contributed by atoms with Gasteiger partial charge in [-0.25, -0.2) is 8.42 Å². The van der Waals surface area contributed by atoms with E-state index in [4.69, 9.17) is 27.9 Å². The topological polar surface area (TPSA) is 96.0 Å². The molecule has 1 N–H and O–H groups in total. The smallest absolute Gasteiger partial charge is 0.244 e. The van der Waals surface area contributed by atoms with Gasteiger partial charge in [-0.3, -0.25) is 13.9 Å². The lowest BCUT2D eigenvalue weighted by Crippen LogP contribution is -2.53. The fourth-order valence-corrected chi connectivity index (χ4v) is 4.82. The number of hydrogen-bond donors (Lipinski definition) is 1. The van der Waals surface area contributed by atoms with Gasteiger partial charge in [0.2, 0.25) is 21.8 Å². The summed E-state index contributed by atoms with van der Waals surface area (Å²) in [4.78, 5) is 28.0. The van der Waals surface area contributed by atoms with Gasteiger partial charge < -0.3 is 15.0 Å². The van der Waals surface area contributed by atoms with Crippen LogP contribution in [0, 0.1) is 0 Å². The number of anilines is 1. The van der Waals surface area contributed by atoms with E-state index in [2.05, 4.69) is 5.32 Å². The Hall–Kier alpha value is -2.49. The minimum Gasteiger partial charge on any atom is -0.495 e. The van der Waals surface area contributed by atoms with Crippen LogP contribution in [0.15, 0.2) is 42.5 Å². The lowest BCUT2D eigenvalue weighted by atomic mass is 10.1. The van der Waals surface area contributed by atoms with E-state index in [1.165, 1.54) is 30.2 Å². The Balaban J connectivity index is 2.48. The monoisotopic (exact) mass is 543 g/mol. The molecule has 192 valence electrons. The fraction of sp³-hybridized carbons (Fsp3) is 0.417. The minimum atomic E-state index is -3.88. The van der Waals surface area contributed by atoms with Gasteiger partial charge in [0, 0.05) is 17.6 Å². The van der Waals surface area contributed by atoms with Crippen LogP contribution in [0.4, 0.5) is 5.69 Å². The minimum absolute atomic E-state index is 0.0312. The molecule has 2 rings (SSSR count). The van der Waals surface area contributed by atoms with Crippen molar-refractivity contribution in [1.29, 1.82) is 0 Å². The lowest BCUT2D eigenvalue weighted by molar-refractivity contribution is -0.140. The van der Waals surface area contributed by atoms with E-state index in [1.807, 2.05) is 13.8 Å². The quantitative estimate of drug-likeness (QED) is 0.460. The maximum atomic E-state index is 13.6. The molecule has 0 aliphatic carbocycles. The maximum Gasteiger partial charge on any atom is 0.244 e. The van der Waals surface area contributed by atoms with Gasteiger partial charge in [-0.1, -0.05) is 48.3 Å². The number of ether oxygens (including phenoxy) is 1. The lowest BCUT2D eigenvalue weighted by Gasteiger charge is -2.33. The number of halogens is 2. The Labute approximate surface area is 217 Å². The first kappa shape index (κ1) is 28.7. The van der Waals surface area contributed by atoms with Gasteiger partial charge in [0.25, 0.3) is 0 Å². The highest BCUT2D eigenvalue weighted by atomic mass is 35.5. The van der Waals surface area contributed by atoms with Crippen molar-refractivity contribution in [2.45, 2.75) is 45.8 Å². The van der Waals surface area contributed by atoms with E-state index in [0.717, 1.165) is 10.6 Å². The molecule has 0 unspecified atom stereocenters. The summed E-state index contributed by atoms with van der Waals surface area (Å²) >= 11 is 12.5. The summed E-state index contributed by atoms with van der Waals surface area (Å²) in [6, 6.07) is 10.5. The van der Waals surface area contributed by atoms with Crippen LogP contribution < -0.4 is 14.4 Å². The highest BCUT2D eigenvalue weighted by Gasteiger charge is 2.32. The van der Waals surface area contributed by atoms with Crippen LogP contribution >= 0.6 is 23.2 Å². The second-order valence-corrected chi connectivity index (χ2v) is 11.0. The van der Waals surface area contributed by atoms with Crippen LogP contribution in [-0.2, 0) is 26.2 Å². The summed E-state index contributed by atoms with van der Waals surface area (Å²) < 4.78 is 31.4. The van der Waals surface area contributed by atoms with Crippen LogP contribution in [0.2, 0.25) is 10.0 Å². The number of nitrogens with one attached hydrogen (secondary N) is 1. The number of nitrogens with zero attached hydrogens (tertiary/aromatic N) is 2.